The van der Waals surface area contributed by atoms with Crippen LogP contribution in [0.1, 0.15) is 21.6 Å². The summed E-state index contributed by atoms with van der Waals surface area (Å²) in [7, 11) is 0. The second-order valence-corrected chi connectivity index (χ2v) is 8.11. The third kappa shape index (κ3) is 3.79. The van der Waals surface area contributed by atoms with Gasteiger partial charge in [0.05, 0.1) is 30.3 Å². The Morgan fingerprint density at radius 3 is 2.50 bits per heavy atom. The Kier molecular flexibility index (Phi) is 5.55. The van der Waals surface area contributed by atoms with Gasteiger partial charge in [0.1, 0.15) is 23.1 Å². The quantitative estimate of drug-likeness (QED) is 0.509. The highest BCUT2D eigenvalue weighted by molar-refractivity contribution is 5.95. The molecule has 1 amide bonds. The minimum atomic E-state index is -0.392. The van der Waals surface area contributed by atoms with Crippen LogP contribution in [0.3, 0.4) is 0 Å². The fraction of sp³-hybridized carbons (Fsp3) is 0.200. The van der Waals surface area contributed by atoms with Crippen molar-refractivity contribution in [1.29, 1.82) is 5.26 Å². The van der Waals surface area contributed by atoms with E-state index in [0.717, 1.165) is 10.9 Å². The van der Waals surface area contributed by atoms with E-state index in [1.807, 2.05) is 29.2 Å². The number of rotatable bonds is 4. The number of hydrogen-bond acceptors (Lipinski definition) is 5. The Morgan fingerprint density at radius 2 is 1.82 bits per heavy atom. The number of imidazole rings is 1. The Morgan fingerprint density at radius 1 is 1.09 bits per heavy atom. The molecule has 0 saturated carbocycles. The van der Waals surface area contributed by atoms with E-state index in [1.165, 1.54) is 24.7 Å². The molecule has 1 fully saturated rings. The average molecular weight is 456 g/mol. The van der Waals surface area contributed by atoms with Crippen molar-refractivity contribution in [3.05, 3.63) is 94.0 Å². The van der Waals surface area contributed by atoms with Crippen LogP contribution in [0, 0.1) is 17.1 Å². The molecule has 0 unspecified atom stereocenters. The van der Waals surface area contributed by atoms with Gasteiger partial charge in [-0.3, -0.25) is 9.59 Å². The standard InChI is InChI=1S/C25H21FN6O2/c26-18-7-5-17(6-8-18)15-32-22-4-2-1-3-19(22)23(20(13-27)24(32)33)30-9-11-31(12-10-30)25(34)21-14-28-16-29-21/h1-8,14,16H,9-12,15H2,(H,28,29). The monoisotopic (exact) mass is 456 g/mol. The summed E-state index contributed by atoms with van der Waals surface area (Å²) in [5.74, 6) is -0.476. The van der Waals surface area contributed by atoms with Crippen molar-refractivity contribution < 1.29 is 9.18 Å². The molecule has 3 heterocycles. The van der Waals surface area contributed by atoms with Crippen LogP contribution in [0.5, 0.6) is 0 Å². The van der Waals surface area contributed by atoms with E-state index < -0.39 is 5.56 Å². The maximum atomic E-state index is 13.4. The summed E-state index contributed by atoms with van der Waals surface area (Å²) >= 11 is 0. The number of piperazine rings is 1. The van der Waals surface area contributed by atoms with Gasteiger partial charge in [-0.2, -0.15) is 5.26 Å². The number of amides is 1. The Hall–Kier alpha value is -4.45. The first kappa shape index (κ1) is 21.4. The third-order valence-electron chi connectivity index (χ3n) is 6.12. The summed E-state index contributed by atoms with van der Waals surface area (Å²) in [4.78, 5) is 36.5. The number of fused-ring (bicyclic) bond motifs is 1. The molecule has 34 heavy (non-hydrogen) atoms. The lowest BCUT2D eigenvalue weighted by Gasteiger charge is -2.37. The van der Waals surface area contributed by atoms with Crippen LogP contribution in [0.2, 0.25) is 0 Å². The number of carbonyl (C=O) groups is 1. The van der Waals surface area contributed by atoms with Crippen molar-refractivity contribution in [3.63, 3.8) is 0 Å². The van der Waals surface area contributed by atoms with E-state index in [2.05, 4.69) is 16.0 Å². The summed E-state index contributed by atoms with van der Waals surface area (Å²) in [5, 5.41) is 10.8. The van der Waals surface area contributed by atoms with Crippen molar-refractivity contribution in [3.8, 4) is 6.07 Å². The van der Waals surface area contributed by atoms with Crippen molar-refractivity contribution >= 4 is 22.5 Å². The maximum absolute atomic E-state index is 13.4. The minimum Gasteiger partial charge on any atom is -0.366 e. The molecule has 8 nitrogen and oxygen atoms in total. The number of carbonyl (C=O) groups excluding carboxylic acids is 1. The Balaban J connectivity index is 1.51. The fourth-order valence-corrected chi connectivity index (χ4v) is 4.42. The topological polar surface area (TPSA) is 98.0 Å². The van der Waals surface area contributed by atoms with Crippen LogP contribution in [0.15, 0.2) is 65.8 Å². The molecule has 5 rings (SSSR count). The number of nitrogens with one attached hydrogen (secondary N) is 1. The van der Waals surface area contributed by atoms with Crippen LogP contribution in [-0.2, 0) is 6.54 Å². The number of halogens is 1. The summed E-state index contributed by atoms with van der Waals surface area (Å²) < 4.78 is 14.9. The molecule has 0 radical (unpaired) electrons. The first-order valence-electron chi connectivity index (χ1n) is 10.9. The lowest BCUT2D eigenvalue weighted by molar-refractivity contribution is 0.0741. The third-order valence-corrected chi connectivity index (χ3v) is 6.12. The van der Waals surface area contributed by atoms with Crippen LogP contribution in [-0.4, -0.2) is 51.5 Å². The number of H-pyrrole nitrogens is 1. The normalized spacial score (nSPS) is 13.8. The molecule has 0 aliphatic carbocycles. The highest BCUT2D eigenvalue weighted by Crippen LogP contribution is 2.30. The van der Waals surface area contributed by atoms with Gasteiger partial charge < -0.3 is 19.4 Å². The van der Waals surface area contributed by atoms with Crippen molar-refractivity contribution in [2.75, 3.05) is 31.1 Å². The summed E-state index contributed by atoms with van der Waals surface area (Å²) in [5.41, 5.74) is 2.15. The number of aromatic nitrogens is 3. The van der Waals surface area contributed by atoms with Crippen molar-refractivity contribution in [2.24, 2.45) is 0 Å². The zero-order valence-corrected chi connectivity index (χ0v) is 18.2. The highest BCUT2D eigenvalue weighted by Gasteiger charge is 2.27. The number of nitrogens with zero attached hydrogens (tertiary/aromatic N) is 5. The smallest absolute Gasteiger partial charge is 0.272 e. The Bertz CT molecular complexity index is 1450. The summed E-state index contributed by atoms with van der Waals surface area (Å²) in [6, 6.07) is 15.6. The molecule has 1 saturated heterocycles. The number of pyridine rings is 1. The van der Waals surface area contributed by atoms with Gasteiger partial charge in [-0.05, 0) is 23.8 Å². The Labute approximate surface area is 194 Å². The molecule has 4 aromatic rings. The van der Waals surface area contributed by atoms with Gasteiger partial charge in [0.15, 0.2) is 0 Å². The average Bonchev–Trinajstić information content (AvgIpc) is 3.41. The molecule has 0 bridgehead atoms. The highest BCUT2D eigenvalue weighted by atomic mass is 19.1. The van der Waals surface area contributed by atoms with Gasteiger partial charge in [0.25, 0.3) is 11.5 Å². The summed E-state index contributed by atoms with van der Waals surface area (Å²) in [6.07, 6.45) is 2.96. The van der Waals surface area contributed by atoms with E-state index in [9.17, 15) is 19.2 Å². The lowest BCUT2D eigenvalue weighted by atomic mass is 10.1. The second-order valence-electron chi connectivity index (χ2n) is 8.11. The number of hydrogen-bond donors (Lipinski definition) is 1. The van der Waals surface area contributed by atoms with E-state index >= 15 is 0 Å². The zero-order chi connectivity index (χ0) is 23.7. The van der Waals surface area contributed by atoms with Gasteiger partial charge in [-0.15, -0.1) is 0 Å². The molecule has 0 spiro atoms. The molecule has 1 aliphatic heterocycles. The molecule has 2 aromatic heterocycles. The largest absolute Gasteiger partial charge is 0.366 e. The van der Waals surface area contributed by atoms with Crippen LogP contribution >= 0.6 is 0 Å². The molecule has 1 aliphatic rings. The van der Waals surface area contributed by atoms with Gasteiger partial charge in [-0.1, -0.05) is 30.3 Å². The number of para-hydroxylation sites is 1. The fourth-order valence-electron chi connectivity index (χ4n) is 4.42. The summed E-state index contributed by atoms with van der Waals surface area (Å²) in [6.45, 7) is 2.10. The van der Waals surface area contributed by atoms with Crippen LogP contribution < -0.4 is 10.5 Å². The second kappa shape index (κ2) is 8.83. The van der Waals surface area contributed by atoms with Gasteiger partial charge in [0, 0.05) is 31.6 Å². The maximum Gasteiger partial charge on any atom is 0.272 e. The van der Waals surface area contributed by atoms with E-state index in [-0.39, 0.29) is 23.8 Å². The first-order chi connectivity index (χ1) is 16.6. The number of aromatic amines is 1. The molecule has 0 atom stereocenters. The zero-order valence-electron chi connectivity index (χ0n) is 18.2. The molecule has 170 valence electrons. The van der Waals surface area contributed by atoms with Crippen LogP contribution in [0.4, 0.5) is 10.1 Å². The predicted molar refractivity (Wildman–Crippen MR) is 125 cm³/mol. The molecular formula is C25H21FN6O2. The van der Waals surface area contributed by atoms with E-state index in [1.54, 1.807) is 21.6 Å². The van der Waals surface area contributed by atoms with E-state index in [4.69, 9.17) is 0 Å². The lowest BCUT2D eigenvalue weighted by Crippen LogP contribution is -2.49. The molecular weight excluding hydrogens is 435 g/mol. The number of benzene rings is 2. The SMILES string of the molecule is N#Cc1c(N2CCN(C(=O)c3cnc[nH]3)CC2)c2ccccc2n(Cc2ccc(F)cc2)c1=O. The van der Waals surface area contributed by atoms with Gasteiger partial charge in [0.2, 0.25) is 0 Å². The molecule has 1 N–H and O–H groups in total. The minimum absolute atomic E-state index is 0.0640. The van der Waals surface area contributed by atoms with Crippen LogP contribution in [0.25, 0.3) is 10.9 Å². The van der Waals surface area contributed by atoms with E-state index in [0.29, 0.717) is 43.1 Å². The number of nitriles is 1. The molecule has 2 aromatic carbocycles. The molecule has 9 heteroatoms. The van der Waals surface area contributed by atoms with Gasteiger partial charge in [-0.25, -0.2) is 9.37 Å². The predicted octanol–water partition coefficient (Wildman–Crippen LogP) is 2.75. The van der Waals surface area contributed by atoms with Crippen molar-refractivity contribution in [1.82, 2.24) is 19.4 Å². The first-order valence-corrected chi connectivity index (χ1v) is 10.9. The number of anilines is 1. The van der Waals surface area contributed by atoms with Crippen molar-refractivity contribution in [2.45, 2.75) is 6.54 Å². The van der Waals surface area contributed by atoms with Gasteiger partial charge >= 0.3 is 0 Å².